The molecule has 1 fully saturated rings. The lowest BCUT2D eigenvalue weighted by Crippen LogP contribution is -2.43. The summed E-state index contributed by atoms with van der Waals surface area (Å²) in [6.07, 6.45) is 1.76. The Morgan fingerprint density at radius 2 is 1.26 bits per heavy atom. The van der Waals surface area contributed by atoms with Crippen LogP contribution in [-0.4, -0.2) is 35.7 Å². The van der Waals surface area contributed by atoms with Crippen LogP contribution in [0.3, 0.4) is 0 Å². The number of hydrazine groups is 1. The Labute approximate surface area is 184 Å². The molecule has 1 heterocycles. The van der Waals surface area contributed by atoms with Crippen LogP contribution in [0.4, 0.5) is 11.4 Å². The smallest absolute Gasteiger partial charge is 0.262 e. The van der Waals surface area contributed by atoms with Crippen molar-refractivity contribution in [1.29, 1.82) is 0 Å². The van der Waals surface area contributed by atoms with Gasteiger partial charge in [-0.15, -0.1) is 0 Å². The maximum absolute atomic E-state index is 14.0. The van der Waals surface area contributed by atoms with E-state index in [0.717, 1.165) is 6.42 Å². The summed E-state index contributed by atoms with van der Waals surface area (Å²) in [6.45, 7) is 6.93. The molecule has 0 aromatic heterocycles. The minimum Gasteiger partial charge on any atom is -0.343 e. The molecule has 164 valence electrons. The minimum atomic E-state index is -1.40. The van der Waals surface area contributed by atoms with Crippen molar-refractivity contribution in [3.63, 3.8) is 0 Å². The van der Waals surface area contributed by atoms with Gasteiger partial charge in [-0.3, -0.25) is 14.4 Å². The molecule has 0 spiro atoms. The molecule has 31 heavy (non-hydrogen) atoms. The molecule has 0 aliphatic carbocycles. The van der Waals surface area contributed by atoms with Gasteiger partial charge >= 0.3 is 0 Å². The SMILES string of the molecule is CCCCC1(CC(=O)N(CC)CC)C(=O)N(c2ccccc2)N(c2ccccc2)C1=O. The van der Waals surface area contributed by atoms with Gasteiger partial charge in [0.1, 0.15) is 5.41 Å². The molecule has 1 saturated heterocycles. The molecule has 0 radical (unpaired) electrons. The normalized spacial score (nSPS) is 15.5. The van der Waals surface area contributed by atoms with Crippen LogP contribution in [0, 0.1) is 5.41 Å². The van der Waals surface area contributed by atoms with E-state index in [1.165, 1.54) is 10.0 Å². The molecule has 2 aromatic rings. The Morgan fingerprint density at radius 3 is 1.65 bits per heavy atom. The second kappa shape index (κ2) is 9.77. The topological polar surface area (TPSA) is 60.9 Å². The maximum atomic E-state index is 14.0. The first-order valence-corrected chi connectivity index (χ1v) is 11.1. The van der Waals surface area contributed by atoms with E-state index in [0.29, 0.717) is 37.3 Å². The molecule has 0 saturated carbocycles. The van der Waals surface area contributed by atoms with E-state index >= 15 is 0 Å². The number of hydrogen-bond acceptors (Lipinski definition) is 3. The molecule has 0 bridgehead atoms. The number of nitrogens with zero attached hydrogens (tertiary/aromatic N) is 3. The number of rotatable bonds is 9. The van der Waals surface area contributed by atoms with Crippen molar-refractivity contribution in [2.45, 2.75) is 46.5 Å². The first-order valence-electron chi connectivity index (χ1n) is 11.1. The molecular formula is C25H31N3O3. The quantitative estimate of drug-likeness (QED) is 0.563. The van der Waals surface area contributed by atoms with Crippen LogP contribution in [0.5, 0.6) is 0 Å². The summed E-state index contributed by atoms with van der Waals surface area (Å²) < 4.78 is 0. The molecule has 1 aliphatic heterocycles. The number of benzene rings is 2. The molecule has 0 N–H and O–H groups in total. The predicted octanol–water partition coefficient (Wildman–Crippen LogP) is 4.42. The highest BCUT2D eigenvalue weighted by Crippen LogP contribution is 2.44. The molecule has 1 aliphatic rings. The lowest BCUT2D eigenvalue weighted by Gasteiger charge is -2.27. The van der Waals surface area contributed by atoms with Gasteiger partial charge in [0.15, 0.2) is 0 Å². The number of carbonyl (C=O) groups is 3. The summed E-state index contributed by atoms with van der Waals surface area (Å²) in [7, 11) is 0. The fourth-order valence-electron chi connectivity index (χ4n) is 4.16. The highest BCUT2D eigenvalue weighted by atomic mass is 16.2. The molecule has 2 aromatic carbocycles. The lowest BCUT2D eigenvalue weighted by molar-refractivity contribution is -0.144. The van der Waals surface area contributed by atoms with Crippen molar-refractivity contribution < 1.29 is 14.4 Å². The molecule has 6 nitrogen and oxygen atoms in total. The highest BCUT2D eigenvalue weighted by molar-refractivity contribution is 6.27. The summed E-state index contributed by atoms with van der Waals surface area (Å²) >= 11 is 0. The second-order valence-electron chi connectivity index (χ2n) is 7.83. The van der Waals surface area contributed by atoms with Crippen molar-refractivity contribution in [3.05, 3.63) is 60.7 Å². The third-order valence-electron chi connectivity index (χ3n) is 5.93. The second-order valence-corrected chi connectivity index (χ2v) is 7.83. The summed E-state index contributed by atoms with van der Waals surface area (Å²) in [4.78, 5) is 42.7. The maximum Gasteiger partial charge on any atom is 0.262 e. The van der Waals surface area contributed by atoms with Gasteiger partial charge in [-0.05, 0) is 44.5 Å². The zero-order valence-corrected chi connectivity index (χ0v) is 18.6. The van der Waals surface area contributed by atoms with Gasteiger partial charge in [0, 0.05) is 13.1 Å². The molecule has 0 atom stereocenters. The fraction of sp³-hybridized carbons (Fsp3) is 0.400. The first-order chi connectivity index (χ1) is 15.0. The van der Waals surface area contributed by atoms with Crippen LogP contribution in [-0.2, 0) is 14.4 Å². The Kier molecular flexibility index (Phi) is 7.10. The van der Waals surface area contributed by atoms with Crippen LogP contribution in [0.2, 0.25) is 0 Å². The summed E-state index contributed by atoms with van der Waals surface area (Å²) in [6, 6.07) is 18.3. The largest absolute Gasteiger partial charge is 0.343 e. The molecule has 3 amide bonds. The fourth-order valence-corrected chi connectivity index (χ4v) is 4.16. The van der Waals surface area contributed by atoms with Gasteiger partial charge in [-0.25, -0.2) is 10.0 Å². The summed E-state index contributed by atoms with van der Waals surface area (Å²) in [5.74, 6) is -0.825. The van der Waals surface area contributed by atoms with E-state index in [1.807, 2.05) is 81.4 Å². The van der Waals surface area contributed by atoms with E-state index in [-0.39, 0.29) is 24.1 Å². The highest BCUT2D eigenvalue weighted by Gasteiger charge is 2.59. The number of amides is 3. The van der Waals surface area contributed by atoms with E-state index in [4.69, 9.17) is 0 Å². The molecular weight excluding hydrogens is 390 g/mol. The Balaban J connectivity index is 2.13. The third kappa shape index (κ3) is 4.20. The van der Waals surface area contributed by atoms with Gasteiger partial charge in [0.2, 0.25) is 5.91 Å². The van der Waals surface area contributed by atoms with Crippen LogP contribution in [0.15, 0.2) is 60.7 Å². The molecule has 3 rings (SSSR count). The van der Waals surface area contributed by atoms with Crippen LogP contribution in [0.1, 0.15) is 46.5 Å². The third-order valence-corrected chi connectivity index (χ3v) is 5.93. The van der Waals surface area contributed by atoms with E-state index in [2.05, 4.69) is 0 Å². The molecule has 0 unspecified atom stereocenters. The van der Waals surface area contributed by atoms with E-state index in [1.54, 1.807) is 4.90 Å². The van der Waals surface area contributed by atoms with Crippen molar-refractivity contribution in [3.8, 4) is 0 Å². The van der Waals surface area contributed by atoms with Crippen LogP contribution in [0.25, 0.3) is 0 Å². The van der Waals surface area contributed by atoms with Crippen LogP contribution < -0.4 is 10.0 Å². The summed E-state index contributed by atoms with van der Waals surface area (Å²) in [5.41, 5.74) is -0.182. The van der Waals surface area contributed by atoms with E-state index in [9.17, 15) is 14.4 Å². The minimum absolute atomic E-state index is 0.112. The Bertz CT molecular complexity index is 853. The van der Waals surface area contributed by atoms with Crippen molar-refractivity contribution in [2.75, 3.05) is 23.1 Å². The standard InChI is InChI=1S/C25H31N3O3/c1-4-7-18-25(19-22(29)26(5-2)6-3)23(30)27(20-14-10-8-11-15-20)28(24(25)31)21-16-12-9-13-17-21/h8-17H,4-7,18-19H2,1-3H3. The van der Waals surface area contributed by atoms with Crippen molar-refractivity contribution in [1.82, 2.24) is 4.90 Å². The summed E-state index contributed by atoms with van der Waals surface area (Å²) in [5, 5.41) is 2.89. The van der Waals surface area contributed by atoms with Gasteiger partial charge in [-0.1, -0.05) is 56.2 Å². The number of anilines is 2. The van der Waals surface area contributed by atoms with Crippen molar-refractivity contribution >= 4 is 29.1 Å². The van der Waals surface area contributed by atoms with Gasteiger partial charge in [0.25, 0.3) is 11.8 Å². The van der Waals surface area contributed by atoms with Gasteiger partial charge < -0.3 is 4.90 Å². The first kappa shape index (κ1) is 22.5. The van der Waals surface area contributed by atoms with Gasteiger partial charge in [0.05, 0.1) is 17.8 Å². The number of carbonyl (C=O) groups excluding carboxylic acids is 3. The number of unbranched alkanes of at least 4 members (excludes halogenated alkanes) is 1. The zero-order chi connectivity index (χ0) is 22.4. The number of hydrogen-bond donors (Lipinski definition) is 0. The Hall–Kier alpha value is -3.15. The van der Waals surface area contributed by atoms with Crippen molar-refractivity contribution in [2.24, 2.45) is 5.41 Å². The van der Waals surface area contributed by atoms with Gasteiger partial charge in [-0.2, -0.15) is 0 Å². The monoisotopic (exact) mass is 421 g/mol. The average molecular weight is 422 g/mol. The Morgan fingerprint density at radius 1 is 0.806 bits per heavy atom. The van der Waals surface area contributed by atoms with Crippen LogP contribution >= 0.6 is 0 Å². The molecule has 6 heteroatoms. The number of para-hydroxylation sites is 2. The zero-order valence-electron chi connectivity index (χ0n) is 18.6. The predicted molar refractivity (Wildman–Crippen MR) is 122 cm³/mol. The van der Waals surface area contributed by atoms with E-state index < -0.39 is 5.41 Å². The average Bonchev–Trinajstić information content (AvgIpc) is 3.01. The lowest BCUT2D eigenvalue weighted by atomic mass is 9.78.